The van der Waals surface area contributed by atoms with Crippen LogP contribution in [0.5, 0.6) is 11.5 Å². The van der Waals surface area contributed by atoms with Crippen LogP contribution >= 0.6 is 11.6 Å². The zero-order valence-corrected chi connectivity index (χ0v) is 12.1. The average Bonchev–Trinajstić information content (AvgIpc) is 2.35. The number of hydrogen-bond acceptors (Lipinski definition) is 5. The third-order valence-corrected chi connectivity index (χ3v) is 3.74. The third-order valence-electron chi connectivity index (χ3n) is 2.40. The van der Waals surface area contributed by atoms with Crippen molar-refractivity contribution in [2.24, 2.45) is 0 Å². The number of ether oxygens (including phenoxy) is 2. The van der Waals surface area contributed by atoms with E-state index in [1.54, 1.807) is 22.9 Å². The smallest absolute Gasteiger partial charge is 0.301 e. The van der Waals surface area contributed by atoms with Gasteiger partial charge in [-0.1, -0.05) is 11.6 Å². The highest BCUT2D eigenvalue weighted by molar-refractivity contribution is 7.88. The molecule has 1 heterocycles. The monoisotopic (exact) mass is 320 g/mol. The number of carbonyl (C=O) groups excluding carboxylic acids is 1. The maximum absolute atomic E-state index is 11.4. The average molecular weight is 321 g/mol. The zero-order valence-electron chi connectivity index (χ0n) is 10.6. The molecule has 0 aliphatic carbocycles. The molecular weight excluding hydrogens is 308 g/mol. The Balaban J connectivity index is 1.94. The first-order chi connectivity index (χ1) is 9.35. The van der Waals surface area contributed by atoms with Crippen molar-refractivity contribution in [1.29, 1.82) is 0 Å². The van der Waals surface area contributed by atoms with Crippen molar-refractivity contribution >= 4 is 27.7 Å². The van der Waals surface area contributed by atoms with Gasteiger partial charge < -0.3 is 9.47 Å². The summed E-state index contributed by atoms with van der Waals surface area (Å²) >= 11 is 5.82. The molecular formula is C11H13ClN2O5S. The standard InChI is InChI=1S/C11H13ClN2O5S/c1-7(15)14-20(16,17)13-5-9-6-18-11-4-8(12)2-3-10(11)19-9/h2-4,9,13H,5-6H2,1H3,(H,14,15). The minimum absolute atomic E-state index is 0.0231. The van der Waals surface area contributed by atoms with Crippen molar-refractivity contribution in [2.45, 2.75) is 13.0 Å². The van der Waals surface area contributed by atoms with Gasteiger partial charge in [-0.15, -0.1) is 0 Å². The molecule has 1 aliphatic rings. The van der Waals surface area contributed by atoms with Gasteiger partial charge in [0.15, 0.2) is 11.5 Å². The highest BCUT2D eigenvalue weighted by atomic mass is 35.5. The van der Waals surface area contributed by atoms with Crippen LogP contribution < -0.4 is 18.9 Å². The molecule has 0 saturated heterocycles. The van der Waals surface area contributed by atoms with E-state index >= 15 is 0 Å². The maximum atomic E-state index is 11.4. The Hall–Kier alpha value is -1.51. The number of hydrogen-bond donors (Lipinski definition) is 2. The number of carbonyl (C=O) groups is 1. The predicted molar refractivity (Wildman–Crippen MR) is 72.1 cm³/mol. The van der Waals surface area contributed by atoms with Crippen LogP contribution in [0.3, 0.4) is 0 Å². The first kappa shape index (κ1) is 14.9. The Bertz CT molecular complexity index is 619. The van der Waals surface area contributed by atoms with Gasteiger partial charge in [-0.3, -0.25) is 4.79 Å². The largest absolute Gasteiger partial charge is 0.486 e. The van der Waals surface area contributed by atoms with Crippen molar-refractivity contribution in [1.82, 2.24) is 9.44 Å². The summed E-state index contributed by atoms with van der Waals surface area (Å²) in [5, 5.41) is 0.525. The Kier molecular flexibility index (Phi) is 4.36. The van der Waals surface area contributed by atoms with E-state index < -0.39 is 22.2 Å². The summed E-state index contributed by atoms with van der Waals surface area (Å²) in [5.41, 5.74) is 0. The molecule has 1 aromatic carbocycles. The van der Waals surface area contributed by atoms with E-state index in [1.807, 2.05) is 0 Å². The molecule has 110 valence electrons. The highest BCUT2D eigenvalue weighted by Gasteiger charge is 2.23. The number of rotatable bonds is 4. The van der Waals surface area contributed by atoms with Gasteiger partial charge in [0.2, 0.25) is 5.91 Å². The van der Waals surface area contributed by atoms with Crippen LogP contribution in [0, 0.1) is 0 Å². The van der Waals surface area contributed by atoms with Crippen molar-refractivity contribution in [2.75, 3.05) is 13.2 Å². The predicted octanol–water partition coefficient (Wildman–Crippen LogP) is 0.450. The molecule has 0 bridgehead atoms. The minimum atomic E-state index is -3.87. The summed E-state index contributed by atoms with van der Waals surface area (Å²) in [6, 6.07) is 4.91. The molecule has 1 aliphatic heterocycles. The maximum Gasteiger partial charge on any atom is 0.301 e. The van der Waals surface area contributed by atoms with E-state index in [9.17, 15) is 13.2 Å². The van der Waals surface area contributed by atoms with Gasteiger partial charge in [0.25, 0.3) is 0 Å². The Morgan fingerprint density at radius 3 is 2.90 bits per heavy atom. The van der Waals surface area contributed by atoms with Gasteiger partial charge in [0.05, 0.1) is 6.54 Å². The van der Waals surface area contributed by atoms with Crippen molar-refractivity contribution < 1.29 is 22.7 Å². The van der Waals surface area contributed by atoms with Crippen molar-refractivity contribution in [3.8, 4) is 11.5 Å². The molecule has 0 aromatic heterocycles. The van der Waals surface area contributed by atoms with Crippen LogP contribution in [0.4, 0.5) is 0 Å². The van der Waals surface area contributed by atoms with Crippen LogP contribution in [0.15, 0.2) is 18.2 Å². The summed E-state index contributed by atoms with van der Waals surface area (Å²) in [6.45, 7) is 1.26. The van der Waals surface area contributed by atoms with Crippen molar-refractivity contribution in [3.63, 3.8) is 0 Å². The molecule has 1 amide bonds. The molecule has 7 nitrogen and oxygen atoms in total. The molecule has 1 unspecified atom stereocenters. The van der Waals surface area contributed by atoms with Crippen LogP contribution in [-0.2, 0) is 15.0 Å². The van der Waals surface area contributed by atoms with E-state index in [-0.39, 0.29) is 13.2 Å². The molecule has 20 heavy (non-hydrogen) atoms. The van der Waals surface area contributed by atoms with E-state index in [0.29, 0.717) is 16.5 Å². The van der Waals surface area contributed by atoms with Crippen LogP contribution in [-0.4, -0.2) is 33.6 Å². The van der Waals surface area contributed by atoms with Gasteiger partial charge in [-0.25, -0.2) is 4.72 Å². The second-order valence-electron chi connectivity index (χ2n) is 4.15. The first-order valence-electron chi connectivity index (χ1n) is 5.73. The van der Waals surface area contributed by atoms with E-state index in [2.05, 4.69) is 4.72 Å². The number of halogens is 1. The number of fused-ring (bicyclic) bond motifs is 1. The van der Waals surface area contributed by atoms with Gasteiger partial charge in [0, 0.05) is 18.0 Å². The third kappa shape index (κ3) is 3.99. The summed E-state index contributed by atoms with van der Waals surface area (Å²) < 4.78 is 37.8. The topological polar surface area (TPSA) is 93.7 Å². The molecule has 1 atom stereocenters. The summed E-state index contributed by atoms with van der Waals surface area (Å²) in [4.78, 5) is 10.7. The summed E-state index contributed by atoms with van der Waals surface area (Å²) in [5.74, 6) is 0.334. The fourth-order valence-electron chi connectivity index (χ4n) is 1.62. The van der Waals surface area contributed by atoms with E-state index in [0.717, 1.165) is 6.92 Å². The SMILES string of the molecule is CC(=O)NS(=O)(=O)NCC1COc2cc(Cl)ccc2O1. The fraction of sp³-hybridized carbons (Fsp3) is 0.364. The molecule has 1 aromatic rings. The second kappa shape index (κ2) is 5.86. The Morgan fingerprint density at radius 2 is 2.20 bits per heavy atom. The van der Waals surface area contributed by atoms with Crippen molar-refractivity contribution in [3.05, 3.63) is 23.2 Å². The van der Waals surface area contributed by atoms with Gasteiger partial charge in [-0.05, 0) is 12.1 Å². The van der Waals surface area contributed by atoms with E-state index in [4.69, 9.17) is 21.1 Å². The van der Waals surface area contributed by atoms with Crippen LogP contribution in [0.25, 0.3) is 0 Å². The fourth-order valence-corrected chi connectivity index (χ4v) is 2.63. The lowest BCUT2D eigenvalue weighted by molar-refractivity contribution is -0.117. The van der Waals surface area contributed by atoms with E-state index in [1.165, 1.54) is 0 Å². The second-order valence-corrected chi connectivity index (χ2v) is 6.09. The Labute approximate surface area is 121 Å². The molecule has 0 fully saturated rings. The first-order valence-corrected chi connectivity index (χ1v) is 7.59. The highest BCUT2D eigenvalue weighted by Crippen LogP contribution is 2.33. The lowest BCUT2D eigenvalue weighted by Crippen LogP contribution is -2.45. The molecule has 9 heteroatoms. The lowest BCUT2D eigenvalue weighted by atomic mass is 10.2. The lowest BCUT2D eigenvalue weighted by Gasteiger charge is -2.26. The number of nitrogens with one attached hydrogen (secondary N) is 2. The van der Waals surface area contributed by atoms with Gasteiger partial charge >= 0.3 is 10.2 Å². The normalized spacial score (nSPS) is 17.6. The summed E-state index contributed by atoms with van der Waals surface area (Å²) in [6.07, 6.45) is -0.493. The number of amides is 1. The molecule has 0 radical (unpaired) electrons. The molecule has 2 rings (SSSR count). The van der Waals surface area contributed by atoms with Gasteiger partial charge in [-0.2, -0.15) is 13.1 Å². The molecule has 0 spiro atoms. The summed E-state index contributed by atoms with van der Waals surface area (Å²) in [7, 11) is -3.87. The molecule has 2 N–H and O–H groups in total. The zero-order chi connectivity index (χ0) is 14.8. The number of benzene rings is 1. The van der Waals surface area contributed by atoms with Crippen LogP contribution in [0.2, 0.25) is 5.02 Å². The Morgan fingerprint density at radius 1 is 1.45 bits per heavy atom. The quantitative estimate of drug-likeness (QED) is 0.840. The minimum Gasteiger partial charge on any atom is -0.486 e. The molecule has 0 saturated carbocycles. The van der Waals surface area contributed by atoms with Gasteiger partial charge in [0.1, 0.15) is 12.7 Å². The van der Waals surface area contributed by atoms with Crippen LogP contribution in [0.1, 0.15) is 6.92 Å².